The van der Waals surface area contributed by atoms with Crippen LogP contribution in [0.1, 0.15) is 42.6 Å². The molecule has 3 rings (SSSR count). The zero-order valence-electron chi connectivity index (χ0n) is 17.8. The molecule has 11 heteroatoms. The molecule has 1 fully saturated rings. The van der Waals surface area contributed by atoms with E-state index < -0.39 is 70.7 Å². The summed E-state index contributed by atoms with van der Waals surface area (Å²) in [7, 11) is 0. The summed E-state index contributed by atoms with van der Waals surface area (Å²) >= 11 is 0. The van der Waals surface area contributed by atoms with Gasteiger partial charge in [-0.1, -0.05) is 13.0 Å². The van der Waals surface area contributed by atoms with E-state index in [4.69, 9.17) is 10.5 Å². The largest absolute Gasteiger partial charge is 0.431 e. The summed E-state index contributed by atoms with van der Waals surface area (Å²) < 4.78 is 77.8. The highest BCUT2D eigenvalue weighted by atomic mass is 19.3. The van der Waals surface area contributed by atoms with Gasteiger partial charge in [-0.15, -0.1) is 0 Å². The van der Waals surface area contributed by atoms with Gasteiger partial charge >= 0.3 is 6.61 Å². The molecule has 2 aromatic rings. The maximum atomic E-state index is 14.4. The van der Waals surface area contributed by atoms with Crippen LogP contribution in [0.4, 0.5) is 27.6 Å². The van der Waals surface area contributed by atoms with Crippen molar-refractivity contribution in [3.8, 4) is 5.75 Å². The van der Waals surface area contributed by atoms with Gasteiger partial charge < -0.3 is 20.5 Å². The van der Waals surface area contributed by atoms with Crippen LogP contribution < -0.4 is 15.8 Å². The molecular weight excluding hydrogens is 451 g/mol. The molecule has 33 heavy (non-hydrogen) atoms. The molecule has 0 radical (unpaired) electrons. The first-order chi connectivity index (χ1) is 15.3. The third kappa shape index (κ3) is 4.77. The second-order valence-corrected chi connectivity index (χ2v) is 8.16. The smallest absolute Gasteiger partial charge is 0.387 e. The molecule has 0 aromatic heterocycles. The maximum absolute atomic E-state index is 14.4. The number of carbonyl (C=O) groups excluding carboxylic acids is 2. The Morgan fingerprint density at radius 3 is 2.36 bits per heavy atom. The third-order valence-corrected chi connectivity index (χ3v) is 5.80. The average Bonchev–Trinajstić information content (AvgIpc) is 2.96. The van der Waals surface area contributed by atoms with Gasteiger partial charge in [0.05, 0.1) is 11.2 Å². The molecule has 1 heterocycles. The minimum atomic E-state index is -3.44. The number of hydrogen-bond donors (Lipinski definition) is 2. The number of hydrogen-bond acceptors (Lipinski definition) is 4. The van der Waals surface area contributed by atoms with Crippen LogP contribution in [-0.2, 0) is 9.53 Å². The van der Waals surface area contributed by atoms with Crippen molar-refractivity contribution in [2.45, 2.75) is 45.0 Å². The molecule has 1 aliphatic rings. The van der Waals surface area contributed by atoms with Gasteiger partial charge in [0.15, 0.2) is 11.6 Å². The molecule has 2 amide bonds. The molecular formula is C22H21F5N2O4. The number of amides is 2. The lowest BCUT2D eigenvalue weighted by Gasteiger charge is -2.26. The molecule has 1 saturated heterocycles. The molecule has 178 valence electrons. The van der Waals surface area contributed by atoms with Crippen LogP contribution >= 0.6 is 0 Å². The van der Waals surface area contributed by atoms with Crippen molar-refractivity contribution in [3.05, 3.63) is 58.9 Å². The number of halogens is 5. The normalized spacial score (nSPS) is 21.8. The highest BCUT2D eigenvalue weighted by molar-refractivity contribution is 5.98. The minimum absolute atomic E-state index is 0.0178. The topological polar surface area (TPSA) is 90.6 Å². The van der Waals surface area contributed by atoms with E-state index in [-0.39, 0.29) is 11.3 Å². The van der Waals surface area contributed by atoms with Gasteiger partial charge in [-0.05, 0) is 44.0 Å². The number of anilines is 1. The van der Waals surface area contributed by atoms with Crippen molar-refractivity contribution in [2.75, 3.05) is 5.32 Å². The Bertz CT molecular complexity index is 1090. The van der Waals surface area contributed by atoms with Gasteiger partial charge in [0.25, 0.3) is 11.8 Å². The number of nitrogens with two attached hydrogens (primary N) is 1. The number of ether oxygens (including phenoxy) is 2. The highest BCUT2D eigenvalue weighted by Crippen LogP contribution is 2.49. The van der Waals surface area contributed by atoms with Crippen molar-refractivity contribution >= 4 is 17.5 Å². The van der Waals surface area contributed by atoms with Crippen LogP contribution in [-0.4, -0.2) is 30.1 Å². The standard InChI is InChI=1S/C22H21F5N2O4/c1-9-15(11-5-7-14(24)16(25)17(11)32-21(26)27)18(33-22(9,2)3)20(31)29-10-4-6-13(23)12(8-10)19(28)30/h4-9,15,18,21H,1-3H3,(H2,28,30)(H,29,31)/t9-,15+,18+/m1/s1. The molecule has 0 saturated carbocycles. The van der Waals surface area contributed by atoms with Crippen LogP contribution in [0.5, 0.6) is 5.75 Å². The first-order valence-corrected chi connectivity index (χ1v) is 9.84. The van der Waals surface area contributed by atoms with Crippen LogP contribution in [0.15, 0.2) is 30.3 Å². The predicted octanol–water partition coefficient (Wildman–Crippen LogP) is 4.34. The fourth-order valence-electron chi connectivity index (χ4n) is 3.88. The summed E-state index contributed by atoms with van der Waals surface area (Å²) in [6, 6.07) is 4.94. The monoisotopic (exact) mass is 472 g/mol. The Hall–Kier alpha value is -3.21. The molecule has 6 nitrogen and oxygen atoms in total. The molecule has 1 aliphatic heterocycles. The fraction of sp³-hybridized carbons (Fsp3) is 0.364. The van der Waals surface area contributed by atoms with Crippen molar-refractivity contribution in [3.63, 3.8) is 0 Å². The van der Waals surface area contributed by atoms with Gasteiger partial charge in [-0.25, -0.2) is 8.78 Å². The first-order valence-electron chi connectivity index (χ1n) is 9.84. The number of rotatable bonds is 6. The first kappa shape index (κ1) is 24.4. The Kier molecular flexibility index (Phi) is 6.64. The lowest BCUT2D eigenvalue weighted by molar-refractivity contribution is -0.131. The summed E-state index contributed by atoms with van der Waals surface area (Å²) in [6.45, 7) is 1.52. The lowest BCUT2D eigenvalue weighted by atomic mass is 9.78. The SMILES string of the molecule is C[C@@H]1[C@@H](c2ccc(F)c(F)c2OC(F)F)[C@@H](C(=O)Nc2ccc(F)c(C(N)=O)c2)OC1(C)C. The van der Waals surface area contributed by atoms with Gasteiger partial charge in [0, 0.05) is 17.2 Å². The van der Waals surface area contributed by atoms with Gasteiger partial charge in [-0.2, -0.15) is 13.2 Å². The summed E-state index contributed by atoms with van der Waals surface area (Å²) in [4.78, 5) is 24.5. The van der Waals surface area contributed by atoms with Crippen molar-refractivity contribution < 1.29 is 41.0 Å². The second kappa shape index (κ2) is 8.97. The molecule has 3 atom stereocenters. The van der Waals surface area contributed by atoms with E-state index >= 15 is 0 Å². The molecule has 0 unspecified atom stereocenters. The lowest BCUT2D eigenvalue weighted by Crippen LogP contribution is -2.33. The quantitative estimate of drug-likeness (QED) is 0.612. The van der Waals surface area contributed by atoms with E-state index in [0.29, 0.717) is 0 Å². The molecule has 0 aliphatic carbocycles. The number of benzene rings is 2. The van der Waals surface area contributed by atoms with Crippen molar-refractivity contribution in [1.29, 1.82) is 0 Å². The Morgan fingerprint density at radius 1 is 1.12 bits per heavy atom. The van der Waals surface area contributed by atoms with E-state index in [2.05, 4.69) is 10.1 Å². The Morgan fingerprint density at radius 2 is 1.76 bits per heavy atom. The highest BCUT2D eigenvalue weighted by Gasteiger charge is 2.51. The van der Waals surface area contributed by atoms with Crippen LogP contribution in [0.2, 0.25) is 0 Å². The van der Waals surface area contributed by atoms with Crippen LogP contribution in [0.3, 0.4) is 0 Å². The summed E-state index contributed by atoms with van der Waals surface area (Å²) in [5.74, 6) is -8.30. The van der Waals surface area contributed by atoms with Crippen LogP contribution in [0.25, 0.3) is 0 Å². The van der Waals surface area contributed by atoms with Crippen molar-refractivity contribution in [2.24, 2.45) is 11.7 Å². The number of primary amides is 1. The van der Waals surface area contributed by atoms with E-state index in [0.717, 1.165) is 24.3 Å². The number of carbonyl (C=O) groups is 2. The number of alkyl halides is 2. The minimum Gasteiger partial charge on any atom is -0.431 e. The van der Waals surface area contributed by atoms with E-state index in [1.807, 2.05) is 0 Å². The second-order valence-electron chi connectivity index (χ2n) is 8.16. The Labute approximate surface area is 185 Å². The van der Waals surface area contributed by atoms with E-state index in [9.17, 15) is 31.5 Å². The van der Waals surface area contributed by atoms with E-state index in [1.54, 1.807) is 20.8 Å². The summed E-state index contributed by atoms with van der Waals surface area (Å²) in [5.41, 5.74) is 3.52. The predicted molar refractivity (Wildman–Crippen MR) is 107 cm³/mol. The molecule has 0 spiro atoms. The summed E-state index contributed by atoms with van der Waals surface area (Å²) in [6.07, 6.45) is -1.35. The third-order valence-electron chi connectivity index (χ3n) is 5.80. The number of nitrogens with one attached hydrogen (secondary N) is 1. The van der Waals surface area contributed by atoms with Crippen LogP contribution in [0, 0.1) is 23.4 Å². The summed E-state index contributed by atoms with van der Waals surface area (Å²) in [5, 5.41) is 2.46. The van der Waals surface area contributed by atoms with Gasteiger partial charge in [0.2, 0.25) is 5.82 Å². The average molecular weight is 472 g/mol. The Balaban J connectivity index is 2.02. The maximum Gasteiger partial charge on any atom is 0.387 e. The van der Waals surface area contributed by atoms with Gasteiger partial charge in [-0.3, -0.25) is 9.59 Å². The van der Waals surface area contributed by atoms with Gasteiger partial charge in [0.1, 0.15) is 11.9 Å². The zero-order chi connectivity index (χ0) is 24.7. The fourth-order valence-corrected chi connectivity index (χ4v) is 3.88. The van der Waals surface area contributed by atoms with E-state index in [1.165, 1.54) is 6.07 Å². The van der Waals surface area contributed by atoms with Crippen molar-refractivity contribution in [1.82, 2.24) is 0 Å². The molecule has 0 bridgehead atoms. The zero-order valence-corrected chi connectivity index (χ0v) is 17.8. The molecule has 2 aromatic carbocycles. The molecule has 3 N–H and O–H groups in total.